The highest BCUT2D eigenvalue weighted by molar-refractivity contribution is 7.11. The molecule has 0 radical (unpaired) electrons. The van der Waals surface area contributed by atoms with Gasteiger partial charge >= 0.3 is 0 Å². The number of rotatable bonds is 7. The van der Waals surface area contributed by atoms with Crippen LogP contribution in [0.15, 0.2) is 12.4 Å². The van der Waals surface area contributed by atoms with E-state index in [-0.39, 0.29) is 6.04 Å². The van der Waals surface area contributed by atoms with Gasteiger partial charge in [-0.15, -0.1) is 11.3 Å². The Balaban J connectivity index is 2.36. The molecule has 0 spiro atoms. The van der Waals surface area contributed by atoms with Gasteiger partial charge in [0.05, 0.1) is 30.9 Å². The molecule has 1 atom stereocenters. The van der Waals surface area contributed by atoms with Crippen molar-refractivity contribution in [3.63, 3.8) is 0 Å². The third kappa shape index (κ3) is 3.61. The Morgan fingerprint density at radius 3 is 2.71 bits per heavy atom. The summed E-state index contributed by atoms with van der Waals surface area (Å²) >= 11 is 1.69. The van der Waals surface area contributed by atoms with Gasteiger partial charge in [0.2, 0.25) is 0 Å². The number of hydrogen-bond donors (Lipinski definition) is 1. The van der Waals surface area contributed by atoms with E-state index in [1.165, 1.54) is 4.88 Å². The van der Waals surface area contributed by atoms with E-state index in [4.69, 9.17) is 4.74 Å². The number of nitrogens with one attached hydrogen (secondary N) is 1. The van der Waals surface area contributed by atoms with Crippen LogP contribution < -0.4 is 10.1 Å². The summed E-state index contributed by atoms with van der Waals surface area (Å²) in [5.74, 6) is 0.805. The molecule has 0 aromatic carbocycles. The van der Waals surface area contributed by atoms with Gasteiger partial charge < -0.3 is 15.0 Å². The molecule has 0 saturated heterocycles. The topological polar surface area (TPSA) is 55.2 Å². The van der Waals surface area contributed by atoms with Crippen LogP contribution in [0.2, 0.25) is 0 Å². The van der Waals surface area contributed by atoms with Gasteiger partial charge in [-0.3, -0.25) is 4.68 Å². The van der Waals surface area contributed by atoms with Crippen molar-refractivity contribution in [3.8, 4) is 5.75 Å². The second kappa shape index (κ2) is 7.02. The Morgan fingerprint density at radius 2 is 2.19 bits per heavy atom. The van der Waals surface area contributed by atoms with Crippen molar-refractivity contribution in [2.75, 3.05) is 34.8 Å². The minimum absolute atomic E-state index is 0.0378. The van der Waals surface area contributed by atoms with Gasteiger partial charge in [-0.1, -0.05) is 0 Å². The summed E-state index contributed by atoms with van der Waals surface area (Å²) in [6, 6.07) is 0.0378. The zero-order valence-corrected chi connectivity index (χ0v) is 14.1. The number of likely N-dealkylation sites (N-methyl/N-ethyl adjacent to an activating group) is 1. The predicted molar refractivity (Wildman–Crippen MR) is 85.1 cm³/mol. The Kier molecular flexibility index (Phi) is 5.33. The van der Waals surface area contributed by atoms with E-state index in [1.807, 2.05) is 24.9 Å². The first-order valence-corrected chi connectivity index (χ1v) is 7.72. The van der Waals surface area contributed by atoms with Crippen molar-refractivity contribution in [3.05, 3.63) is 28.0 Å². The molecule has 0 aliphatic rings. The number of ether oxygens (including phenoxy) is 1. The summed E-state index contributed by atoms with van der Waals surface area (Å²) < 4.78 is 7.50. The lowest BCUT2D eigenvalue weighted by Gasteiger charge is -2.19. The van der Waals surface area contributed by atoms with Crippen molar-refractivity contribution in [1.82, 2.24) is 25.0 Å². The van der Waals surface area contributed by atoms with Crippen LogP contribution in [0, 0.1) is 6.92 Å². The molecular weight excluding hydrogens is 286 g/mol. The molecule has 2 heterocycles. The molecule has 2 aromatic rings. The second-order valence-corrected chi connectivity index (χ2v) is 6.39. The third-order valence-corrected chi connectivity index (χ3v) is 4.29. The normalized spacial score (nSPS) is 12.9. The van der Waals surface area contributed by atoms with E-state index in [0.29, 0.717) is 0 Å². The van der Waals surface area contributed by atoms with Crippen LogP contribution in [0.3, 0.4) is 0 Å². The monoisotopic (exact) mass is 309 g/mol. The van der Waals surface area contributed by atoms with Gasteiger partial charge in [-0.2, -0.15) is 5.10 Å². The molecule has 0 bridgehead atoms. The quantitative estimate of drug-likeness (QED) is 0.840. The maximum Gasteiger partial charge on any atom is 0.161 e. The lowest BCUT2D eigenvalue weighted by Crippen LogP contribution is -2.25. The van der Waals surface area contributed by atoms with Crippen LogP contribution >= 0.6 is 11.3 Å². The maximum atomic E-state index is 5.49. The fourth-order valence-corrected chi connectivity index (χ4v) is 3.12. The Bertz CT molecular complexity index is 578. The third-order valence-electron chi connectivity index (χ3n) is 3.31. The summed E-state index contributed by atoms with van der Waals surface area (Å²) in [5, 5.41) is 8.88. The molecule has 1 unspecified atom stereocenters. The summed E-state index contributed by atoms with van der Waals surface area (Å²) in [4.78, 5) is 7.66. The van der Waals surface area contributed by atoms with Crippen molar-refractivity contribution in [2.24, 2.45) is 0 Å². The number of aryl methyl sites for hydroxylation is 1. The molecule has 7 heteroatoms. The van der Waals surface area contributed by atoms with E-state index in [9.17, 15) is 0 Å². The zero-order valence-electron chi connectivity index (χ0n) is 13.3. The minimum atomic E-state index is 0.0378. The van der Waals surface area contributed by atoms with Crippen molar-refractivity contribution in [2.45, 2.75) is 19.5 Å². The van der Waals surface area contributed by atoms with E-state index in [0.717, 1.165) is 29.5 Å². The molecule has 0 fully saturated rings. The van der Waals surface area contributed by atoms with Crippen LogP contribution in [-0.4, -0.2) is 54.5 Å². The number of methoxy groups -OCH3 is 1. The van der Waals surface area contributed by atoms with E-state index in [1.54, 1.807) is 24.6 Å². The standard InChI is InChI=1S/C14H23N5OS/c1-10-16-9-12(21-10)13(15-2)14-11(20-5)8-17-19(14)7-6-18(3)4/h8-9,13,15H,6-7H2,1-5H3. The van der Waals surface area contributed by atoms with Crippen molar-refractivity contribution in [1.29, 1.82) is 0 Å². The zero-order chi connectivity index (χ0) is 15.4. The smallest absolute Gasteiger partial charge is 0.161 e. The van der Waals surface area contributed by atoms with E-state index >= 15 is 0 Å². The van der Waals surface area contributed by atoms with Crippen LogP contribution in [0.5, 0.6) is 5.75 Å². The average Bonchev–Trinajstić information content (AvgIpc) is 3.05. The van der Waals surface area contributed by atoms with E-state index < -0.39 is 0 Å². The van der Waals surface area contributed by atoms with Crippen molar-refractivity contribution >= 4 is 11.3 Å². The van der Waals surface area contributed by atoms with Gasteiger partial charge in [0.25, 0.3) is 0 Å². The number of nitrogens with zero attached hydrogens (tertiary/aromatic N) is 4. The molecule has 0 aliphatic heterocycles. The summed E-state index contributed by atoms with van der Waals surface area (Å²) in [6.45, 7) is 3.76. The first-order valence-electron chi connectivity index (χ1n) is 6.90. The lowest BCUT2D eigenvalue weighted by molar-refractivity contribution is 0.361. The summed E-state index contributed by atoms with van der Waals surface area (Å²) in [6.07, 6.45) is 3.70. The molecule has 2 rings (SSSR count). The highest BCUT2D eigenvalue weighted by Gasteiger charge is 2.24. The summed E-state index contributed by atoms with van der Waals surface area (Å²) in [7, 11) is 7.74. The van der Waals surface area contributed by atoms with Crippen LogP contribution in [-0.2, 0) is 6.54 Å². The van der Waals surface area contributed by atoms with Gasteiger partial charge in [0.15, 0.2) is 5.75 Å². The fraction of sp³-hybridized carbons (Fsp3) is 0.571. The highest BCUT2D eigenvalue weighted by atomic mass is 32.1. The van der Waals surface area contributed by atoms with Gasteiger partial charge in [-0.05, 0) is 28.1 Å². The second-order valence-electron chi connectivity index (χ2n) is 5.13. The fourth-order valence-electron chi connectivity index (χ4n) is 2.22. The van der Waals surface area contributed by atoms with Gasteiger partial charge in [0.1, 0.15) is 5.69 Å². The van der Waals surface area contributed by atoms with Gasteiger partial charge in [0, 0.05) is 17.6 Å². The predicted octanol–water partition coefficient (Wildman–Crippen LogP) is 1.53. The van der Waals surface area contributed by atoms with Crippen LogP contribution in [0.1, 0.15) is 21.6 Å². The Labute approximate surface area is 129 Å². The molecule has 6 nitrogen and oxygen atoms in total. The lowest BCUT2D eigenvalue weighted by atomic mass is 10.1. The molecule has 2 aromatic heterocycles. The molecule has 1 N–H and O–H groups in total. The number of aromatic nitrogens is 3. The summed E-state index contributed by atoms with van der Waals surface area (Å²) in [5.41, 5.74) is 1.05. The molecule has 21 heavy (non-hydrogen) atoms. The maximum absolute atomic E-state index is 5.49. The van der Waals surface area contributed by atoms with Crippen molar-refractivity contribution < 1.29 is 4.74 Å². The molecule has 0 saturated carbocycles. The average molecular weight is 309 g/mol. The first kappa shape index (κ1) is 15.9. The molecular formula is C14H23N5OS. The van der Waals surface area contributed by atoms with Gasteiger partial charge in [-0.25, -0.2) is 4.98 Å². The Morgan fingerprint density at radius 1 is 1.43 bits per heavy atom. The molecule has 0 aliphatic carbocycles. The first-order chi connectivity index (χ1) is 10.1. The SMILES string of the molecule is CNC(c1cnc(C)s1)c1c(OC)cnn1CCN(C)C. The van der Waals surface area contributed by atoms with Crippen LogP contribution in [0.4, 0.5) is 0 Å². The largest absolute Gasteiger partial charge is 0.493 e. The highest BCUT2D eigenvalue weighted by Crippen LogP contribution is 2.32. The number of hydrogen-bond acceptors (Lipinski definition) is 6. The molecule has 0 amide bonds. The van der Waals surface area contributed by atoms with Crippen LogP contribution in [0.25, 0.3) is 0 Å². The molecule has 116 valence electrons. The Hall–Kier alpha value is -1.44. The van der Waals surface area contributed by atoms with E-state index in [2.05, 4.69) is 34.4 Å². The number of thiazole rings is 1. The minimum Gasteiger partial charge on any atom is -0.493 e.